The van der Waals surface area contributed by atoms with Gasteiger partial charge in [-0.15, -0.1) is 11.3 Å². The van der Waals surface area contributed by atoms with Gasteiger partial charge in [0.25, 0.3) is 5.91 Å². The molecule has 0 spiro atoms. The number of para-hydroxylation sites is 1. The molecule has 164 valence electrons. The quantitative estimate of drug-likeness (QED) is 0.416. The number of fused-ring (bicyclic) bond motifs is 2. The summed E-state index contributed by atoms with van der Waals surface area (Å²) in [5.41, 5.74) is 2.17. The van der Waals surface area contributed by atoms with Gasteiger partial charge in [-0.05, 0) is 49.3 Å². The molecule has 5 nitrogen and oxygen atoms in total. The number of anilines is 2. The van der Waals surface area contributed by atoms with E-state index in [9.17, 15) is 4.79 Å². The third-order valence-electron chi connectivity index (χ3n) is 6.24. The summed E-state index contributed by atoms with van der Waals surface area (Å²) in [4.78, 5) is 20.5. The van der Waals surface area contributed by atoms with E-state index in [-0.39, 0.29) is 11.9 Å². The molecule has 32 heavy (non-hydrogen) atoms. The molecule has 0 bridgehead atoms. The Morgan fingerprint density at radius 1 is 0.969 bits per heavy atom. The molecular formula is C26H28N4OS. The van der Waals surface area contributed by atoms with Gasteiger partial charge in [-0.3, -0.25) is 4.79 Å². The van der Waals surface area contributed by atoms with Crippen LogP contribution in [0.4, 0.5) is 11.5 Å². The molecule has 4 aromatic rings. The van der Waals surface area contributed by atoms with Crippen LogP contribution in [0.25, 0.3) is 21.0 Å². The van der Waals surface area contributed by atoms with E-state index in [1.165, 1.54) is 5.69 Å². The summed E-state index contributed by atoms with van der Waals surface area (Å²) >= 11 is 1.56. The number of rotatable bonds is 5. The van der Waals surface area contributed by atoms with Crippen LogP contribution in [-0.2, 0) is 0 Å². The van der Waals surface area contributed by atoms with E-state index >= 15 is 0 Å². The second-order valence-electron chi connectivity index (χ2n) is 8.75. The monoisotopic (exact) mass is 444 g/mol. The lowest BCUT2D eigenvalue weighted by atomic mass is 9.91. The predicted octanol–water partition coefficient (Wildman–Crippen LogP) is 5.67. The normalized spacial score (nSPS) is 18.6. The average molecular weight is 445 g/mol. The second-order valence-corrected chi connectivity index (χ2v) is 9.84. The van der Waals surface area contributed by atoms with E-state index in [2.05, 4.69) is 66.0 Å². The zero-order chi connectivity index (χ0) is 22.1. The van der Waals surface area contributed by atoms with Crippen LogP contribution < -0.4 is 15.5 Å². The van der Waals surface area contributed by atoms with Crippen LogP contribution in [0.15, 0.2) is 60.7 Å². The molecule has 6 heteroatoms. The van der Waals surface area contributed by atoms with Gasteiger partial charge in [0.05, 0.1) is 10.4 Å². The lowest BCUT2D eigenvalue weighted by molar-refractivity contribution is 0.0931. The van der Waals surface area contributed by atoms with Crippen molar-refractivity contribution < 1.29 is 4.79 Å². The smallest absolute Gasteiger partial charge is 0.261 e. The van der Waals surface area contributed by atoms with E-state index in [0.29, 0.717) is 6.04 Å². The molecule has 0 saturated heterocycles. The maximum absolute atomic E-state index is 12.7. The zero-order valence-corrected chi connectivity index (χ0v) is 19.3. The van der Waals surface area contributed by atoms with Crippen molar-refractivity contribution in [1.29, 1.82) is 0 Å². The zero-order valence-electron chi connectivity index (χ0n) is 18.5. The molecule has 1 aliphatic rings. The highest BCUT2D eigenvalue weighted by Crippen LogP contribution is 2.30. The summed E-state index contributed by atoms with van der Waals surface area (Å²) < 4.78 is 1.16. The van der Waals surface area contributed by atoms with Crippen molar-refractivity contribution in [3.63, 3.8) is 0 Å². The molecule has 0 radical (unpaired) electrons. The Bertz CT molecular complexity index is 1220. The summed E-state index contributed by atoms with van der Waals surface area (Å²) in [6.45, 7) is 0. The van der Waals surface area contributed by atoms with Crippen molar-refractivity contribution in [3.05, 3.63) is 65.5 Å². The number of thiophene rings is 1. The minimum Gasteiger partial charge on any atom is -0.377 e. The second kappa shape index (κ2) is 8.79. The molecule has 1 amide bonds. The first-order chi connectivity index (χ1) is 15.6. The first kappa shape index (κ1) is 20.8. The highest BCUT2D eigenvalue weighted by molar-refractivity contribution is 7.20. The largest absolute Gasteiger partial charge is 0.377 e. The molecular weight excluding hydrogens is 416 g/mol. The van der Waals surface area contributed by atoms with Gasteiger partial charge in [-0.2, -0.15) is 0 Å². The van der Waals surface area contributed by atoms with Crippen molar-refractivity contribution in [2.24, 2.45) is 0 Å². The van der Waals surface area contributed by atoms with Crippen LogP contribution in [0.2, 0.25) is 0 Å². The molecule has 0 atom stereocenters. The molecule has 2 heterocycles. The molecule has 1 aliphatic carbocycles. The maximum atomic E-state index is 12.7. The summed E-state index contributed by atoms with van der Waals surface area (Å²) in [6.07, 6.45) is 3.98. The number of benzene rings is 2. The molecule has 1 saturated carbocycles. The Labute approximate surface area is 192 Å². The number of aromatic nitrogens is 1. The highest BCUT2D eigenvalue weighted by Gasteiger charge is 2.24. The molecule has 2 aromatic heterocycles. The number of carbonyl (C=O) groups is 1. The number of pyridine rings is 1. The topological polar surface area (TPSA) is 57.3 Å². The van der Waals surface area contributed by atoms with E-state index in [1.54, 1.807) is 11.3 Å². The van der Waals surface area contributed by atoms with E-state index in [0.717, 1.165) is 57.4 Å². The molecule has 0 unspecified atom stereocenters. The van der Waals surface area contributed by atoms with Crippen LogP contribution in [0, 0.1) is 0 Å². The number of amides is 1. The van der Waals surface area contributed by atoms with Crippen molar-refractivity contribution in [1.82, 2.24) is 10.3 Å². The van der Waals surface area contributed by atoms with E-state index in [1.807, 2.05) is 24.3 Å². The van der Waals surface area contributed by atoms with Gasteiger partial charge in [0.15, 0.2) is 0 Å². The summed E-state index contributed by atoms with van der Waals surface area (Å²) in [6, 6.07) is 21.1. The van der Waals surface area contributed by atoms with Crippen LogP contribution in [0.5, 0.6) is 0 Å². The van der Waals surface area contributed by atoms with Crippen LogP contribution >= 0.6 is 11.3 Å². The van der Waals surface area contributed by atoms with Crippen LogP contribution in [0.3, 0.4) is 0 Å². The number of nitrogens with zero attached hydrogens (tertiary/aromatic N) is 2. The third kappa shape index (κ3) is 4.28. The van der Waals surface area contributed by atoms with Gasteiger partial charge < -0.3 is 15.5 Å². The van der Waals surface area contributed by atoms with Gasteiger partial charge in [-0.1, -0.05) is 36.4 Å². The molecule has 5 rings (SSSR count). The Kier molecular flexibility index (Phi) is 5.70. The minimum atomic E-state index is 0.0504. The van der Waals surface area contributed by atoms with Crippen LogP contribution in [0.1, 0.15) is 35.4 Å². The SMILES string of the molecule is CN(C)c1cc(NC2CCC(NC(=O)c3cc4ccccc4s3)CC2)nc2ccccc12. The molecule has 2 aromatic carbocycles. The fourth-order valence-electron chi connectivity index (χ4n) is 4.54. The molecule has 2 N–H and O–H groups in total. The number of hydrogen-bond donors (Lipinski definition) is 2. The van der Waals surface area contributed by atoms with Crippen molar-refractivity contribution in [3.8, 4) is 0 Å². The Morgan fingerprint density at radius 3 is 2.47 bits per heavy atom. The first-order valence-corrected chi connectivity index (χ1v) is 12.0. The third-order valence-corrected chi connectivity index (χ3v) is 7.35. The first-order valence-electron chi connectivity index (χ1n) is 11.2. The van der Waals surface area contributed by atoms with Crippen molar-refractivity contribution in [2.45, 2.75) is 37.8 Å². The van der Waals surface area contributed by atoms with E-state index < -0.39 is 0 Å². The maximum Gasteiger partial charge on any atom is 0.261 e. The van der Waals surface area contributed by atoms with Crippen molar-refractivity contribution >= 4 is 49.7 Å². The van der Waals surface area contributed by atoms with Gasteiger partial charge in [0, 0.05) is 48.0 Å². The van der Waals surface area contributed by atoms with Gasteiger partial charge in [-0.25, -0.2) is 4.98 Å². The van der Waals surface area contributed by atoms with Crippen LogP contribution in [-0.4, -0.2) is 37.1 Å². The fourth-order valence-corrected chi connectivity index (χ4v) is 5.51. The number of carbonyl (C=O) groups excluding carboxylic acids is 1. The summed E-state index contributed by atoms with van der Waals surface area (Å²) in [7, 11) is 4.13. The van der Waals surface area contributed by atoms with E-state index in [4.69, 9.17) is 4.98 Å². The summed E-state index contributed by atoms with van der Waals surface area (Å²) in [5, 5.41) is 9.19. The average Bonchev–Trinajstić information content (AvgIpc) is 3.24. The van der Waals surface area contributed by atoms with Gasteiger partial charge in [0.2, 0.25) is 0 Å². The lowest BCUT2D eigenvalue weighted by Crippen LogP contribution is -2.40. The Balaban J connectivity index is 1.21. The predicted molar refractivity (Wildman–Crippen MR) is 135 cm³/mol. The Hall–Kier alpha value is -3.12. The lowest BCUT2D eigenvalue weighted by Gasteiger charge is -2.30. The molecule has 1 fully saturated rings. The minimum absolute atomic E-state index is 0.0504. The number of nitrogens with one attached hydrogen (secondary N) is 2. The summed E-state index contributed by atoms with van der Waals surface area (Å²) in [5.74, 6) is 0.972. The standard InChI is InChI=1S/C26H28N4OS/c1-30(2)22-16-25(29-21-9-5-4-8-20(21)22)27-18-11-13-19(14-12-18)28-26(31)24-15-17-7-3-6-10-23(17)32-24/h3-10,15-16,18-19H,11-14H2,1-2H3,(H,27,29)(H,28,31). The van der Waals surface area contributed by atoms with Gasteiger partial charge >= 0.3 is 0 Å². The highest BCUT2D eigenvalue weighted by atomic mass is 32.1. The van der Waals surface area contributed by atoms with Gasteiger partial charge in [0.1, 0.15) is 5.82 Å². The fraction of sp³-hybridized carbons (Fsp3) is 0.308. The Morgan fingerprint density at radius 2 is 1.69 bits per heavy atom. The van der Waals surface area contributed by atoms with Crippen molar-refractivity contribution in [2.75, 3.05) is 24.3 Å². The number of hydrogen-bond acceptors (Lipinski definition) is 5. The molecule has 0 aliphatic heterocycles.